The maximum absolute atomic E-state index is 11.3. The molecule has 1 aliphatic heterocycles. The molecule has 1 amide bonds. The third kappa shape index (κ3) is 4.04. The Morgan fingerprint density at radius 1 is 1.09 bits per heavy atom. The molecule has 1 fully saturated rings. The van der Waals surface area contributed by atoms with E-state index < -0.39 is 5.91 Å². The number of anilines is 1. The summed E-state index contributed by atoms with van der Waals surface area (Å²) >= 11 is 0. The molecular weight excluding hydrogens is 290 g/mol. The lowest BCUT2D eigenvalue weighted by Gasteiger charge is -2.23. The summed E-state index contributed by atoms with van der Waals surface area (Å²) in [5.41, 5.74) is 6.92. The number of amides is 1. The van der Waals surface area contributed by atoms with Gasteiger partial charge in [0.15, 0.2) is 0 Å². The molecular formula is C17H21N5O. The molecule has 1 saturated heterocycles. The lowest BCUT2D eigenvalue weighted by atomic mass is 10.2. The Morgan fingerprint density at radius 2 is 1.91 bits per heavy atom. The van der Waals surface area contributed by atoms with Gasteiger partial charge in [-0.15, -0.1) is 0 Å². The molecule has 6 heteroatoms. The van der Waals surface area contributed by atoms with Gasteiger partial charge in [-0.2, -0.15) is 0 Å². The van der Waals surface area contributed by atoms with Gasteiger partial charge in [0.1, 0.15) is 11.5 Å². The maximum atomic E-state index is 11.3. The van der Waals surface area contributed by atoms with E-state index in [0.29, 0.717) is 5.69 Å². The van der Waals surface area contributed by atoms with E-state index in [0.717, 1.165) is 45.0 Å². The van der Waals surface area contributed by atoms with Crippen molar-refractivity contribution in [3.05, 3.63) is 54.0 Å². The van der Waals surface area contributed by atoms with E-state index in [1.54, 1.807) is 6.07 Å². The highest BCUT2D eigenvalue weighted by Gasteiger charge is 2.17. The number of carbonyl (C=O) groups is 1. The minimum absolute atomic E-state index is 0.320. The summed E-state index contributed by atoms with van der Waals surface area (Å²) in [6, 6.07) is 9.54. The molecule has 6 nitrogen and oxygen atoms in total. The van der Waals surface area contributed by atoms with Crippen molar-refractivity contribution in [3.63, 3.8) is 0 Å². The number of rotatable bonds is 4. The highest BCUT2D eigenvalue weighted by molar-refractivity contribution is 5.91. The fourth-order valence-electron chi connectivity index (χ4n) is 2.84. The number of hydrogen-bond acceptors (Lipinski definition) is 5. The van der Waals surface area contributed by atoms with Crippen LogP contribution in [0.3, 0.4) is 0 Å². The minimum atomic E-state index is -0.485. The molecule has 0 aliphatic carbocycles. The highest BCUT2D eigenvalue weighted by atomic mass is 16.1. The second-order valence-electron chi connectivity index (χ2n) is 5.72. The van der Waals surface area contributed by atoms with Gasteiger partial charge in [-0.3, -0.25) is 14.7 Å². The van der Waals surface area contributed by atoms with E-state index in [-0.39, 0.29) is 0 Å². The molecule has 0 aromatic carbocycles. The predicted octanol–water partition coefficient (Wildman–Crippen LogP) is 1.29. The standard InChI is InChI=1S/C17H21N5O/c18-17(23)15-3-1-4-16(20-15)22-10-2-9-21(11-12-22)13-14-5-7-19-8-6-14/h1,3-8H,2,9-13H2,(H2,18,23). The molecule has 0 saturated carbocycles. The third-order valence-corrected chi connectivity index (χ3v) is 4.05. The number of nitrogens with two attached hydrogens (primary N) is 1. The van der Waals surface area contributed by atoms with Crippen LogP contribution in [0.5, 0.6) is 0 Å². The quantitative estimate of drug-likeness (QED) is 0.921. The molecule has 0 spiro atoms. The molecule has 0 bridgehead atoms. The summed E-state index contributed by atoms with van der Waals surface area (Å²) < 4.78 is 0. The van der Waals surface area contributed by atoms with Crippen LogP contribution in [0.1, 0.15) is 22.5 Å². The molecule has 0 atom stereocenters. The van der Waals surface area contributed by atoms with Gasteiger partial charge in [0.05, 0.1) is 0 Å². The zero-order valence-corrected chi connectivity index (χ0v) is 13.1. The van der Waals surface area contributed by atoms with E-state index in [4.69, 9.17) is 5.73 Å². The largest absolute Gasteiger partial charge is 0.364 e. The Morgan fingerprint density at radius 3 is 2.70 bits per heavy atom. The monoisotopic (exact) mass is 311 g/mol. The number of pyridine rings is 2. The molecule has 3 rings (SSSR count). The number of aromatic nitrogens is 2. The fraction of sp³-hybridized carbons (Fsp3) is 0.353. The van der Waals surface area contributed by atoms with Gasteiger partial charge >= 0.3 is 0 Å². The van der Waals surface area contributed by atoms with Gasteiger partial charge in [0, 0.05) is 45.1 Å². The number of nitrogens with zero attached hydrogens (tertiary/aromatic N) is 4. The second-order valence-corrected chi connectivity index (χ2v) is 5.72. The van der Waals surface area contributed by atoms with Crippen LogP contribution < -0.4 is 10.6 Å². The summed E-state index contributed by atoms with van der Waals surface area (Å²) in [7, 11) is 0. The van der Waals surface area contributed by atoms with E-state index in [1.165, 1.54) is 5.56 Å². The van der Waals surface area contributed by atoms with E-state index in [9.17, 15) is 4.79 Å². The average Bonchev–Trinajstić information content (AvgIpc) is 2.81. The molecule has 120 valence electrons. The smallest absolute Gasteiger partial charge is 0.267 e. The fourth-order valence-corrected chi connectivity index (χ4v) is 2.84. The second kappa shape index (κ2) is 7.19. The zero-order chi connectivity index (χ0) is 16.1. The van der Waals surface area contributed by atoms with Crippen molar-refractivity contribution in [1.82, 2.24) is 14.9 Å². The Hall–Kier alpha value is -2.47. The summed E-state index contributed by atoms with van der Waals surface area (Å²) in [6.45, 7) is 4.77. The number of hydrogen-bond donors (Lipinski definition) is 1. The summed E-state index contributed by atoms with van der Waals surface area (Å²) in [4.78, 5) is 24.4. The molecule has 0 unspecified atom stereocenters. The van der Waals surface area contributed by atoms with E-state index in [1.807, 2.05) is 24.5 Å². The number of carbonyl (C=O) groups excluding carboxylic acids is 1. The van der Waals surface area contributed by atoms with Gasteiger partial charge in [-0.05, 0) is 36.2 Å². The lowest BCUT2D eigenvalue weighted by molar-refractivity contribution is 0.0995. The molecule has 1 aliphatic rings. The van der Waals surface area contributed by atoms with E-state index in [2.05, 4.69) is 31.9 Å². The van der Waals surface area contributed by atoms with Crippen LogP contribution in [0.15, 0.2) is 42.7 Å². The van der Waals surface area contributed by atoms with Crippen LogP contribution in [-0.4, -0.2) is 47.0 Å². The van der Waals surface area contributed by atoms with Gasteiger partial charge in [-0.25, -0.2) is 4.98 Å². The van der Waals surface area contributed by atoms with Crippen LogP contribution >= 0.6 is 0 Å². The number of primary amides is 1. The summed E-state index contributed by atoms with van der Waals surface area (Å²) in [5.74, 6) is 0.341. The van der Waals surface area contributed by atoms with Crippen LogP contribution in [0, 0.1) is 0 Å². The normalized spacial score (nSPS) is 16.1. The highest BCUT2D eigenvalue weighted by Crippen LogP contribution is 2.15. The first-order valence-corrected chi connectivity index (χ1v) is 7.85. The molecule has 0 radical (unpaired) electrons. The van der Waals surface area contributed by atoms with Gasteiger partial charge < -0.3 is 10.6 Å². The average molecular weight is 311 g/mol. The van der Waals surface area contributed by atoms with Crippen LogP contribution in [-0.2, 0) is 6.54 Å². The van der Waals surface area contributed by atoms with Crippen LogP contribution in [0.4, 0.5) is 5.82 Å². The SMILES string of the molecule is NC(=O)c1cccc(N2CCCN(Cc3ccncc3)CC2)n1. The zero-order valence-electron chi connectivity index (χ0n) is 13.1. The Labute approximate surface area is 135 Å². The third-order valence-electron chi connectivity index (χ3n) is 4.05. The summed E-state index contributed by atoms with van der Waals surface area (Å²) in [6.07, 6.45) is 4.73. The maximum Gasteiger partial charge on any atom is 0.267 e. The van der Waals surface area contributed by atoms with Gasteiger partial charge in [0.25, 0.3) is 5.91 Å². The Balaban J connectivity index is 1.64. The van der Waals surface area contributed by atoms with Crippen molar-refractivity contribution < 1.29 is 4.79 Å². The van der Waals surface area contributed by atoms with Crippen LogP contribution in [0.25, 0.3) is 0 Å². The predicted molar refractivity (Wildman–Crippen MR) is 89.1 cm³/mol. The molecule has 2 aromatic heterocycles. The van der Waals surface area contributed by atoms with Crippen molar-refractivity contribution in [2.45, 2.75) is 13.0 Å². The molecule has 23 heavy (non-hydrogen) atoms. The van der Waals surface area contributed by atoms with Gasteiger partial charge in [-0.1, -0.05) is 6.07 Å². The van der Waals surface area contributed by atoms with Crippen LogP contribution in [0.2, 0.25) is 0 Å². The molecule has 3 heterocycles. The topological polar surface area (TPSA) is 75.4 Å². The Kier molecular flexibility index (Phi) is 4.83. The first-order chi connectivity index (χ1) is 11.2. The van der Waals surface area contributed by atoms with Crippen molar-refractivity contribution in [2.75, 3.05) is 31.1 Å². The molecule has 2 aromatic rings. The van der Waals surface area contributed by atoms with Crippen molar-refractivity contribution in [3.8, 4) is 0 Å². The first kappa shape index (κ1) is 15.4. The van der Waals surface area contributed by atoms with Crippen molar-refractivity contribution in [1.29, 1.82) is 0 Å². The van der Waals surface area contributed by atoms with E-state index >= 15 is 0 Å². The first-order valence-electron chi connectivity index (χ1n) is 7.85. The minimum Gasteiger partial charge on any atom is -0.364 e. The molecule has 2 N–H and O–H groups in total. The summed E-state index contributed by atoms with van der Waals surface area (Å²) in [5, 5.41) is 0. The Bertz CT molecular complexity index is 661. The van der Waals surface area contributed by atoms with Gasteiger partial charge in [0.2, 0.25) is 0 Å². The lowest BCUT2D eigenvalue weighted by Crippen LogP contribution is -2.31. The van der Waals surface area contributed by atoms with Crippen molar-refractivity contribution >= 4 is 11.7 Å². The van der Waals surface area contributed by atoms with Crippen molar-refractivity contribution in [2.24, 2.45) is 5.73 Å².